The van der Waals surface area contributed by atoms with E-state index in [1.165, 1.54) is 0 Å². The van der Waals surface area contributed by atoms with Gasteiger partial charge >= 0.3 is 0 Å². The van der Waals surface area contributed by atoms with Crippen molar-refractivity contribution in [1.29, 1.82) is 0 Å². The third-order valence-corrected chi connectivity index (χ3v) is 8.49. The Labute approximate surface area is 308 Å². The lowest BCUT2D eigenvalue weighted by molar-refractivity contribution is 1.07. The van der Waals surface area contributed by atoms with Crippen molar-refractivity contribution in [2.24, 2.45) is 0 Å². The number of rotatable bonds is 6. The molecule has 0 fully saturated rings. The van der Waals surface area contributed by atoms with Crippen molar-refractivity contribution in [3.63, 3.8) is 0 Å². The van der Waals surface area contributed by atoms with Crippen molar-refractivity contribution in [1.82, 2.24) is 15.0 Å². The Morgan fingerprint density at radius 3 is 1.64 bits per heavy atom. The van der Waals surface area contributed by atoms with Gasteiger partial charge in [0.05, 0.1) is 16.4 Å². The van der Waals surface area contributed by atoms with Crippen molar-refractivity contribution in [3.8, 4) is 67.5 Å². The third kappa shape index (κ3) is 5.72. The van der Waals surface area contributed by atoms with Crippen LogP contribution in [0.15, 0.2) is 188 Å². The fourth-order valence-electron chi connectivity index (χ4n) is 5.98. The van der Waals surface area contributed by atoms with Gasteiger partial charge in [0.25, 0.3) is 0 Å². The van der Waals surface area contributed by atoms with E-state index in [1.54, 1.807) is 36.4 Å². The summed E-state index contributed by atoms with van der Waals surface area (Å²) in [5, 5.41) is 1.36. The van der Waals surface area contributed by atoms with Crippen molar-refractivity contribution in [2.45, 2.75) is 0 Å². The SMILES string of the molecule is [2H]c1c([2H])c([2H])c(-c2ccc3cc(-c4nc(-c5ccc(-c6ccccc6)cc5)nc(-c5cccc(-c6c([2H])c([2H])c([2H])c7c([2H])c([2H])c([2H])c([2H])c67)c5)n4)ccc3c2)c([2H])c1[2H]. The van der Waals surface area contributed by atoms with Crippen LogP contribution in [0.25, 0.3) is 89.1 Å². The van der Waals surface area contributed by atoms with E-state index in [-0.39, 0.29) is 45.9 Å². The van der Waals surface area contributed by atoms with E-state index in [1.807, 2.05) is 78.9 Å². The van der Waals surface area contributed by atoms with Crippen LogP contribution in [0.3, 0.4) is 0 Å². The second kappa shape index (κ2) is 12.7. The number of hydrogen-bond acceptors (Lipinski definition) is 3. The molecule has 0 aliphatic carbocycles. The summed E-state index contributed by atoms with van der Waals surface area (Å²) in [5.74, 6) is 0.947. The summed E-state index contributed by atoms with van der Waals surface area (Å²) in [5.41, 5.74) is 4.90. The highest BCUT2D eigenvalue weighted by atomic mass is 15.0. The lowest BCUT2D eigenvalue weighted by Crippen LogP contribution is -2.00. The molecule has 3 heteroatoms. The second-order valence-corrected chi connectivity index (χ2v) is 11.6. The molecule has 3 nitrogen and oxygen atoms in total. The maximum absolute atomic E-state index is 8.93. The molecule has 0 saturated carbocycles. The van der Waals surface area contributed by atoms with Crippen molar-refractivity contribution in [2.75, 3.05) is 0 Å². The summed E-state index contributed by atoms with van der Waals surface area (Å²) in [7, 11) is 0. The minimum absolute atomic E-state index is 0.0272. The Kier molecular flexibility index (Phi) is 4.92. The topological polar surface area (TPSA) is 38.7 Å². The predicted octanol–water partition coefficient (Wildman–Crippen LogP) is 12.2. The third-order valence-electron chi connectivity index (χ3n) is 8.49. The van der Waals surface area contributed by atoms with Crippen LogP contribution in [0, 0.1) is 0 Å². The molecule has 0 saturated heterocycles. The molecule has 234 valence electrons. The average molecular weight is 650 g/mol. The fraction of sp³-hybridized carbons (Fsp3) is 0. The highest BCUT2D eigenvalue weighted by molar-refractivity contribution is 5.97. The number of fused-ring (bicyclic) bond motifs is 2. The molecule has 0 spiro atoms. The zero-order valence-electron chi connectivity index (χ0n) is 38.3. The fourth-order valence-corrected chi connectivity index (χ4v) is 5.98. The molecule has 0 N–H and O–H groups in total. The quantitative estimate of drug-likeness (QED) is 0.180. The van der Waals surface area contributed by atoms with Crippen molar-refractivity contribution >= 4 is 21.5 Å². The van der Waals surface area contributed by atoms with E-state index in [0.29, 0.717) is 39.5 Å². The van der Waals surface area contributed by atoms with Crippen molar-refractivity contribution < 1.29 is 16.4 Å². The number of benzene rings is 8. The highest BCUT2D eigenvalue weighted by Crippen LogP contribution is 2.33. The monoisotopic (exact) mass is 649 g/mol. The maximum atomic E-state index is 8.93. The molecule has 50 heavy (non-hydrogen) atoms. The van der Waals surface area contributed by atoms with E-state index < -0.39 is 54.4 Å². The molecule has 0 unspecified atom stereocenters. The Morgan fingerprint density at radius 2 is 0.860 bits per heavy atom. The van der Waals surface area contributed by atoms with E-state index in [2.05, 4.69) is 0 Å². The molecule has 1 aromatic heterocycles. The van der Waals surface area contributed by atoms with Gasteiger partial charge in [-0.25, -0.2) is 15.0 Å². The molecule has 0 aliphatic rings. The Bertz CT molecular complexity index is 3280. The summed E-state index contributed by atoms with van der Waals surface area (Å²) in [6.07, 6.45) is 0. The minimum Gasteiger partial charge on any atom is -0.208 e. The summed E-state index contributed by atoms with van der Waals surface area (Å²) >= 11 is 0. The number of aromatic nitrogens is 3. The second-order valence-electron chi connectivity index (χ2n) is 11.6. The van der Waals surface area contributed by atoms with Crippen LogP contribution in [0.5, 0.6) is 0 Å². The van der Waals surface area contributed by atoms with E-state index in [4.69, 9.17) is 31.4 Å². The van der Waals surface area contributed by atoms with E-state index in [0.717, 1.165) is 21.9 Å². The Hall–Kier alpha value is -6.71. The molecule has 0 amide bonds. The Morgan fingerprint density at radius 1 is 0.320 bits per heavy atom. The van der Waals surface area contributed by atoms with Crippen LogP contribution in [-0.2, 0) is 0 Å². The van der Waals surface area contributed by atoms with Gasteiger partial charge in [-0.05, 0) is 73.1 Å². The zero-order chi connectivity index (χ0) is 43.7. The molecule has 9 rings (SSSR count). The molecular weight excluding hydrogens is 607 g/mol. The molecule has 0 radical (unpaired) electrons. The zero-order valence-corrected chi connectivity index (χ0v) is 26.3. The van der Waals surface area contributed by atoms with Gasteiger partial charge in [-0.2, -0.15) is 0 Å². The van der Waals surface area contributed by atoms with Crippen LogP contribution in [0.1, 0.15) is 16.4 Å². The number of hydrogen-bond donors (Lipinski definition) is 0. The first kappa shape index (κ1) is 19.3. The van der Waals surface area contributed by atoms with Gasteiger partial charge in [-0.15, -0.1) is 0 Å². The summed E-state index contributed by atoms with van der Waals surface area (Å²) in [6.45, 7) is 0. The van der Waals surface area contributed by atoms with Gasteiger partial charge in [0, 0.05) is 16.7 Å². The number of nitrogens with zero attached hydrogens (tertiary/aromatic N) is 3. The predicted molar refractivity (Wildman–Crippen MR) is 207 cm³/mol. The van der Waals surface area contributed by atoms with Gasteiger partial charge in [0.2, 0.25) is 0 Å². The average Bonchev–Trinajstić information content (AvgIpc) is 3.30. The molecule has 0 aliphatic heterocycles. The van der Waals surface area contributed by atoms with Gasteiger partial charge < -0.3 is 0 Å². The largest absolute Gasteiger partial charge is 0.208 e. The van der Waals surface area contributed by atoms with E-state index in [9.17, 15) is 0 Å². The van der Waals surface area contributed by atoms with Gasteiger partial charge in [0.1, 0.15) is 0 Å². The van der Waals surface area contributed by atoms with Gasteiger partial charge in [-0.1, -0.05) is 170 Å². The first-order valence-corrected chi connectivity index (χ1v) is 15.9. The molecule has 0 atom stereocenters. The lowest BCUT2D eigenvalue weighted by atomic mass is 9.97. The summed E-state index contributed by atoms with van der Waals surface area (Å²) in [4.78, 5) is 14.8. The summed E-state index contributed by atoms with van der Waals surface area (Å²) in [6, 6.07) is 30.4. The molecule has 8 aromatic carbocycles. The molecular formula is C47H31N3. The van der Waals surface area contributed by atoms with Crippen LogP contribution in [0.4, 0.5) is 0 Å². The first-order valence-electron chi connectivity index (χ1n) is 21.9. The van der Waals surface area contributed by atoms with Gasteiger partial charge in [0.15, 0.2) is 17.5 Å². The van der Waals surface area contributed by atoms with Crippen LogP contribution < -0.4 is 0 Å². The van der Waals surface area contributed by atoms with Crippen LogP contribution in [0.2, 0.25) is 0 Å². The molecule has 0 bridgehead atoms. The van der Waals surface area contributed by atoms with E-state index >= 15 is 0 Å². The molecule has 9 aromatic rings. The Balaban J connectivity index is 1.20. The molecule has 1 heterocycles. The normalized spacial score (nSPS) is 14.6. The van der Waals surface area contributed by atoms with Crippen molar-refractivity contribution in [3.05, 3.63) is 188 Å². The standard InChI is InChI=1S/C47H31N3/c1-3-11-32(12-4-1)34-21-23-36(24-22-34)45-48-46(41-18-9-17-40(31-41)44-20-10-16-35-15-7-8-19-43(35)44)50-47(49-45)42-28-27-38-29-37(25-26-39(38)30-42)33-13-5-2-6-14-33/h1-31H/i2D,5D,6D,7D,8D,10D,13D,14D,15D,16D,19D,20D. The van der Waals surface area contributed by atoms with Crippen LogP contribution in [-0.4, -0.2) is 15.0 Å². The maximum Gasteiger partial charge on any atom is 0.164 e. The highest BCUT2D eigenvalue weighted by Gasteiger charge is 2.15. The minimum atomic E-state index is -0.530. The summed E-state index contributed by atoms with van der Waals surface area (Å²) < 4.78 is 101. The van der Waals surface area contributed by atoms with Crippen LogP contribution >= 0.6 is 0 Å². The lowest BCUT2D eigenvalue weighted by Gasteiger charge is -2.12. The van der Waals surface area contributed by atoms with Gasteiger partial charge in [-0.3, -0.25) is 0 Å². The smallest absolute Gasteiger partial charge is 0.164 e. The first-order chi connectivity index (χ1) is 29.7.